The van der Waals surface area contributed by atoms with Crippen LogP contribution in [-0.4, -0.2) is 47.4 Å². The lowest BCUT2D eigenvalue weighted by atomic mass is 10.0. The molecule has 0 spiro atoms. The van der Waals surface area contributed by atoms with Gasteiger partial charge in [-0.2, -0.15) is 13.2 Å². The van der Waals surface area contributed by atoms with Crippen molar-refractivity contribution in [2.24, 2.45) is 0 Å². The monoisotopic (exact) mass is 471 g/mol. The van der Waals surface area contributed by atoms with Gasteiger partial charge in [0.15, 0.2) is 0 Å². The molecule has 33 heavy (non-hydrogen) atoms. The van der Waals surface area contributed by atoms with E-state index in [1.54, 1.807) is 21.7 Å². The van der Waals surface area contributed by atoms with E-state index in [9.17, 15) is 32.7 Å². The van der Waals surface area contributed by atoms with Crippen LogP contribution >= 0.6 is 0 Å². The average molecular weight is 471 g/mol. The van der Waals surface area contributed by atoms with Crippen molar-refractivity contribution in [3.8, 4) is 0 Å². The first-order valence-electron chi connectivity index (χ1n) is 10.7. The zero-order valence-corrected chi connectivity index (χ0v) is 18.3. The minimum absolute atomic E-state index is 0.0143. The van der Waals surface area contributed by atoms with Crippen molar-refractivity contribution >= 4 is 28.5 Å². The van der Waals surface area contributed by atoms with Crippen LogP contribution in [-0.2, 0) is 4.79 Å². The van der Waals surface area contributed by atoms with Crippen molar-refractivity contribution in [3.05, 3.63) is 39.4 Å². The minimum Gasteiger partial charge on any atom is -0.477 e. The molecule has 11 heteroatoms. The number of carbonyl (C=O) groups excluding carboxylic acids is 1. The molecule has 1 amide bonds. The third kappa shape index (κ3) is 5.12. The van der Waals surface area contributed by atoms with Gasteiger partial charge in [-0.3, -0.25) is 9.59 Å². The maximum atomic E-state index is 15.3. The van der Waals surface area contributed by atoms with E-state index in [1.165, 1.54) is 6.20 Å². The summed E-state index contributed by atoms with van der Waals surface area (Å²) in [7, 11) is 0. The van der Waals surface area contributed by atoms with Crippen molar-refractivity contribution in [3.63, 3.8) is 0 Å². The van der Waals surface area contributed by atoms with Gasteiger partial charge in [0.25, 0.3) is 0 Å². The van der Waals surface area contributed by atoms with Crippen LogP contribution in [0.3, 0.4) is 0 Å². The number of halogens is 4. The second-order valence-corrected chi connectivity index (χ2v) is 8.14. The SMILES string of the molecule is CCCN(CCCNC(=O)C(F)(F)F)c1c(F)cc2c(=O)c(C(=O)O)cn(C3CC3)c2c1C. The Morgan fingerprint density at radius 3 is 2.48 bits per heavy atom. The number of carboxylic acid groups (broad SMARTS) is 1. The maximum Gasteiger partial charge on any atom is 0.471 e. The second-order valence-electron chi connectivity index (χ2n) is 8.14. The number of carbonyl (C=O) groups is 2. The number of carboxylic acids is 1. The fraction of sp³-hybridized carbons (Fsp3) is 0.500. The summed E-state index contributed by atoms with van der Waals surface area (Å²) in [4.78, 5) is 36.9. The molecule has 3 rings (SSSR count). The van der Waals surface area contributed by atoms with Gasteiger partial charge in [0.05, 0.1) is 11.2 Å². The molecule has 0 bridgehead atoms. The number of anilines is 1. The van der Waals surface area contributed by atoms with E-state index in [-0.39, 0.29) is 36.6 Å². The average Bonchev–Trinajstić information content (AvgIpc) is 3.55. The van der Waals surface area contributed by atoms with Crippen LogP contribution < -0.4 is 15.6 Å². The molecule has 1 aromatic heterocycles. The number of alkyl halides is 3. The first kappa shape index (κ1) is 24.5. The molecule has 1 saturated carbocycles. The second kappa shape index (κ2) is 9.40. The molecular weight excluding hydrogens is 446 g/mol. The molecule has 0 radical (unpaired) electrons. The lowest BCUT2D eigenvalue weighted by Gasteiger charge is -2.28. The van der Waals surface area contributed by atoms with Gasteiger partial charge in [0.2, 0.25) is 5.43 Å². The Hall–Kier alpha value is -3.11. The number of hydrogen-bond acceptors (Lipinski definition) is 4. The van der Waals surface area contributed by atoms with Gasteiger partial charge in [0, 0.05) is 37.3 Å². The number of aryl methyl sites for hydroxylation is 1. The summed E-state index contributed by atoms with van der Waals surface area (Å²) in [5.74, 6) is -4.12. The Bertz CT molecular complexity index is 1140. The molecule has 1 fully saturated rings. The first-order valence-corrected chi connectivity index (χ1v) is 10.7. The lowest BCUT2D eigenvalue weighted by molar-refractivity contribution is -0.173. The Labute approximate surface area is 187 Å². The number of amides is 1. The smallest absolute Gasteiger partial charge is 0.471 e. The van der Waals surface area contributed by atoms with Gasteiger partial charge in [-0.15, -0.1) is 0 Å². The summed E-state index contributed by atoms with van der Waals surface area (Å²) in [6, 6.07) is 1.06. The van der Waals surface area contributed by atoms with Gasteiger partial charge in [-0.1, -0.05) is 6.92 Å². The van der Waals surface area contributed by atoms with E-state index in [2.05, 4.69) is 0 Å². The number of hydrogen-bond donors (Lipinski definition) is 2. The highest BCUT2D eigenvalue weighted by Gasteiger charge is 2.38. The third-order valence-corrected chi connectivity index (χ3v) is 5.61. The summed E-state index contributed by atoms with van der Waals surface area (Å²) in [6.45, 7) is 3.86. The molecule has 7 nitrogen and oxygen atoms in total. The Morgan fingerprint density at radius 2 is 1.94 bits per heavy atom. The highest BCUT2D eigenvalue weighted by Crippen LogP contribution is 2.40. The summed E-state index contributed by atoms with van der Waals surface area (Å²) >= 11 is 0. The Balaban J connectivity index is 1.99. The van der Waals surface area contributed by atoms with Crippen molar-refractivity contribution in [2.75, 3.05) is 24.5 Å². The van der Waals surface area contributed by atoms with Crippen LogP contribution in [0.25, 0.3) is 10.9 Å². The van der Waals surface area contributed by atoms with E-state index < -0.39 is 34.9 Å². The van der Waals surface area contributed by atoms with Gasteiger partial charge < -0.3 is 19.9 Å². The molecular formula is C22H25F4N3O4. The van der Waals surface area contributed by atoms with Crippen LogP contribution in [0.15, 0.2) is 17.1 Å². The summed E-state index contributed by atoms with van der Waals surface area (Å²) in [5.41, 5.74) is -0.0657. The van der Waals surface area contributed by atoms with Crippen LogP contribution in [0.2, 0.25) is 0 Å². The number of rotatable bonds is 9. The maximum absolute atomic E-state index is 15.3. The summed E-state index contributed by atoms with van der Waals surface area (Å²) in [6.07, 6.45) is -1.28. The van der Waals surface area contributed by atoms with E-state index in [1.807, 2.05) is 6.92 Å². The third-order valence-electron chi connectivity index (χ3n) is 5.61. The van der Waals surface area contributed by atoms with Crippen molar-refractivity contribution < 1.29 is 32.3 Å². The highest BCUT2D eigenvalue weighted by molar-refractivity contribution is 5.95. The number of aromatic carboxylic acids is 1. The van der Waals surface area contributed by atoms with E-state index in [0.29, 0.717) is 24.0 Å². The molecule has 1 heterocycles. The number of benzene rings is 1. The van der Waals surface area contributed by atoms with Crippen LogP contribution in [0.1, 0.15) is 54.6 Å². The topological polar surface area (TPSA) is 91.6 Å². The van der Waals surface area contributed by atoms with Gasteiger partial charge in [-0.05, 0) is 44.2 Å². The van der Waals surface area contributed by atoms with E-state index in [0.717, 1.165) is 18.9 Å². The minimum atomic E-state index is -4.97. The quantitative estimate of drug-likeness (QED) is 0.429. The fourth-order valence-electron chi connectivity index (χ4n) is 4.03. The van der Waals surface area contributed by atoms with Crippen molar-refractivity contribution in [1.82, 2.24) is 9.88 Å². The van der Waals surface area contributed by atoms with E-state index >= 15 is 4.39 Å². The molecule has 0 unspecified atom stereocenters. The number of fused-ring (bicyclic) bond motifs is 1. The molecule has 1 aromatic carbocycles. The number of nitrogens with one attached hydrogen (secondary N) is 1. The molecule has 2 aromatic rings. The zero-order valence-electron chi connectivity index (χ0n) is 18.3. The molecule has 0 aliphatic heterocycles. The predicted molar refractivity (Wildman–Crippen MR) is 114 cm³/mol. The van der Waals surface area contributed by atoms with Crippen molar-refractivity contribution in [2.45, 2.75) is 51.7 Å². The van der Waals surface area contributed by atoms with Crippen LogP contribution in [0, 0.1) is 12.7 Å². The molecule has 0 atom stereocenters. The Morgan fingerprint density at radius 1 is 1.27 bits per heavy atom. The predicted octanol–water partition coefficient (Wildman–Crippen LogP) is 3.77. The number of pyridine rings is 1. The Kier molecular flexibility index (Phi) is 6.99. The molecule has 180 valence electrons. The normalized spacial score (nSPS) is 13.9. The molecule has 2 N–H and O–H groups in total. The summed E-state index contributed by atoms with van der Waals surface area (Å²) < 4.78 is 54.0. The van der Waals surface area contributed by atoms with Gasteiger partial charge in [0.1, 0.15) is 11.4 Å². The molecule has 0 saturated heterocycles. The van der Waals surface area contributed by atoms with E-state index in [4.69, 9.17) is 0 Å². The fourth-order valence-corrected chi connectivity index (χ4v) is 4.03. The van der Waals surface area contributed by atoms with Gasteiger partial charge in [-0.25, -0.2) is 9.18 Å². The zero-order chi connectivity index (χ0) is 24.5. The summed E-state index contributed by atoms with van der Waals surface area (Å²) in [5, 5.41) is 11.2. The standard InChI is InChI=1S/C22H25F4N3O4/c1-3-8-28(9-4-7-27-21(33)22(24,25)26)18-12(2)17-14(10-16(18)23)19(30)15(20(31)32)11-29(17)13-5-6-13/h10-11,13H,3-9H2,1-2H3,(H,27,33)(H,31,32). The van der Waals surface area contributed by atoms with Crippen LogP contribution in [0.5, 0.6) is 0 Å². The van der Waals surface area contributed by atoms with Crippen molar-refractivity contribution in [1.29, 1.82) is 0 Å². The van der Waals surface area contributed by atoms with Gasteiger partial charge >= 0.3 is 18.1 Å². The number of nitrogens with zero attached hydrogens (tertiary/aromatic N) is 2. The first-order chi connectivity index (χ1) is 15.5. The number of aromatic nitrogens is 1. The molecule has 1 aliphatic carbocycles. The molecule has 1 aliphatic rings. The highest BCUT2D eigenvalue weighted by atomic mass is 19.4. The largest absolute Gasteiger partial charge is 0.477 e. The van der Waals surface area contributed by atoms with Crippen LogP contribution in [0.4, 0.5) is 23.2 Å². The lowest BCUT2D eigenvalue weighted by Crippen LogP contribution is -2.38.